The number of aliphatic hydroxyl groups is 2. The first-order valence-corrected chi connectivity index (χ1v) is 11.9. The van der Waals surface area contributed by atoms with E-state index in [0.717, 1.165) is 38.5 Å². The van der Waals surface area contributed by atoms with Crippen molar-refractivity contribution in [2.75, 3.05) is 0 Å². The Morgan fingerprint density at radius 2 is 1.44 bits per heavy atom. The zero-order valence-electron chi connectivity index (χ0n) is 21.8. The van der Waals surface area contributed by atoms with Crippen molar-refractivity contribution in [3.63, 3.8) is 0 Å². The van der Waals surface area contributed by atoms with Gasteiger partial charge >= 0.3 is 0 Å². The van der Waals surface area contributed by atoms with Crippen LogP contribution in [0.1, 0.15) is 100 Å². The van der Waals surface area contributed by atoms with E-state index in [1.54, 1.807) is 19.9 Å². The lowest BCUT2D eigenvalue weighted by atomic mass is 9.98. The minimum Gasteiger partial charge on any atom is -0.378 e. The first-order valence-electron chi connectivity index (χ1n) is 11.9. The second kappa shape index (κ2) is 15.7. The molecular formula is C30H46O2. The maximum absolute atomic E-state index is 10.5. The largest absolute Gasteiger partial charge is 0.378 e. The first kappa shape index (κ1) is 30.0. The number of hydrogen-bond acceptors (Lipinski definition) is 2. The van der Waals surface area contributed by atoms with Crippen molar-refractivity contribution in [3.8, 4) is 23.7 Å². The molecule has 3 atom stereocenters. The maximum atomic E-state index is 10.5. The molecule has 0 aliphatic rings. The molecule has 0 aliphatic carbocycles. The Hall–Kier alpha value is -2.00. The van der Waals surface area contributed by atoms with Crippen molar-refractivity contribution >= 4 is 0 Å². The minimum absolute atomic E-state index is 0.558. The fraction of sp³-hybridized carbons (Fsp3) is 0.600. The van der Waals surface area contributed by atoms with Crippen molar-refractivity contribution in [2.24, 2.45) is 5.92 Å². The van der Waals surface area contributed by atoms with Crippen LogP contribution in [0, 0.1) is 29.6 Å². The molecule has 3 unspecified atom stereocenters. The monoisotopic (exact) mass is 438 g/mol. The third-order valence-corrected chi connectivity index (χ3v) is 5.12. The molecule has 0 radical (unpaired) electrons. The topological polar surface area (TPSA) is 40.5 Å². The van der Waals surface area contributed by atoms with Gasteiger partial charge in [0.2, 0.25) is 0 Å². The van der Waals surface area contributed by atoms with Gasteiger partial charge in [0.1, 0.15) is 11.2 Å². The zero-order chi connectivity index (χ0) is 24.6. The standard InChI is InChI=1S/C30H46O2/c1-25(2)15-11-17-27(5)19-13-23-29(7,31)21-9-10-22-30(8,32)24-14-20-28(6)18-12-16-26(3)4/h13,15-16,20,23,27,31-32H,11-12,14,17-19,24H2,1-8H3/b23-13+,28-20+. The molecule has 2 heteroatoms. The van der Waals surface area contributed by atoms with E-state index in [1.807, 2.05) is 6.08 Å². The van der Waals surface area contributed by atoms with Crippen LogP contribution < -0.4 is 0 Å². The summed E-state index contributed by atoms with van der Waals surface area (Å²) in [5.74, 6) is 11.6. The minimum atomic E-state index is -1.22. The highest BCUT2D eigenvalue weighted by molar-refractivity contribution is 5.34. The molecule has 32 heavy (non-hydrogen) atoms. The molecule has 0 saturated heterocycles. The predicted molar refractivity (Wildman–Crippen MR) is 140 cm³/mol. The summed E-state index contributed by atoms with van der Waals surface area (Å²) < 4.78 is 0. The highest BCUT2D eigenvalue weighted by Crippen LogP contribution is 2.15. The van der Waals surface area contributed by atoms with Gasteiger partial charge in [-0.05, 0) is 117 Å². The fourth-order valence-electron chi connectivity index (χ4n) is 3.02. The Balaban J connectivity index is 4.58. The van der Waals surface area contributed by atoms with Gasteiger partial charge in [-0.25, -0.2) is 0 Å². The van der Waals surface area contributed by atoms with Gasteiger partial charge in [0.15, 0.2) is 0 Å². The average molecular weight is 439 g/mol. The van der Waals surface area contributed by atoms with E-state index >= 15 is 0 Å². The highest BCUT2D eigenvalue weighted by Gasteiger charge is 2.15. The quantitative estimate of drug-likeness (QED) is 0.248. The molecule has 0 saturated carbocycles. The lowest BCUT2D eigenvalue weighted by Gasteiger charge is -2.14. The number of allylic oxidation sites excluding steroid dienone is 7. The smallest absolute Gasteiger partial charge is 0.142 e. The summed E-state index contributed by atoms with van der Waals surface area (Å²) in [6.45, 7) is 16.2. The van der Waals surface area contributed by atoms with Crippen molar-refractivity contribution < 1.29 is 10.2 Å². The molecule has 2 nitrogen and oxygen atoms in total. The van der Waals surface area contributed by atoms with Crippen molar-refractivity contribution in [2.45, 2.75) is 112 Å². The summed E-state index contributed by atoms with van der Waals surface area (Å²) in [5, 5.41) is 20.9. The van der Waals surface area contributed by atoms with Gasteiger partial charge in [-0.3, -0.25) is 0 Å². The van der Waals surface area contributed by atoms with Gasteiger partial charge in [0.05, 0.1) is 0 Å². The van der Waals surface area contributed by atoms with Gasteiger partial charge < -0.3 is 10.2 Å². The van der Waals surface area contributed by atoms with Crippen molar-refractivity contribution in [1.82, 2.24) is 0 Å². The number of hydrogen-bond donors (Lipinski definition) is 2. The van der Waals surface area contributed by atoms with Crippen LogP contribution in [0.5, 0.6) is 0 Å². The molecule has 178 valence electrons. The molecule has 0 aromatic carbocycles. The van der Waals surface area contributed by atoms with E-state index in [1.165, 1.54) is 16.7 Å². The summed E-state index contributed by atoms with van der Waals surface area (Å²) in [6.07, 6.45) is 17.0. The normalized spacial score (nSPS) is 16.0. The molecule has 0 amide bonds. The van der Waals surface area contributed by atoms with E-state index in [0.29, 0.717) is 12.3 Å². The molecule has 0 aliphatic heterocycles. The molecule has 0 aromatic heterocycles. The van der Waals surface area contributed by atoms with Crippen LogP contribution in [0.25, 0.3) is 0 Å². The Morgan fingerprint density at radius 1 is 0.844 bits per heavy atom. The molecular weight excluding hydrogens is 392 g/mol. The zero-order valence-corrected chi connectivity index (χ0v) is 21.8. The Kier molecular flexibility index (Phi) is 14.8. The summed E-state index contributed by atoms with van der Waals surface area (Å²) in [7, 11) is 0. The molecule has 0 rings (SSSR count). The van der Waals surface area contributed by atoms with Crippen LogP contribution >= 0.6 is 0 Å². The second-order valence-electron chi connectivity index (χ2n) is 9.93. The van der Waals surface area contributed by atoms with E-state index < -0.39 is 11.2 Å². The van der Waals surface area contributed by atoms with Gasteiger partial charge in [0.25, 0.3) is 0 Å². The van der Waals surface area contributed by atoms with Gasteiger partial charge in [0, 0.05) is 0 Å². The maximum Gasteiger partial charge on any atom is 0.142 e. The van der Waals surface area contributed by atoms with Crippen LogP contribution in [-0.2, 0) is 0 Å². The Bertz CT molecular complexity index is 787. The summed E-state index contributed by atoms with van der Waals surface area (Å²) in [6, 6.07) is 0. The third-order valence-electron chi connectivity index (χ3n) is 5.12. The Labute approximate surface area is 198 Å². The second-order valence-corrected chi connectivity index (χ2v) is 9.93. The van der Waals surface area contributed by atoms with Crippen LogP contribution in [0.3, 0.4) is 0 Å². The van der Waals surface area contributed by atoms with E-state index in [2.05, 4.69) is 83.5 Å². The van der Waals surface area contributed by atoms with Gasteiger partial charge in [-0.2, -0.15) is 0 Å². The molecule has 0 heterocycles. The fourth-order valence-corrected chi connectivity index (χ4v) is 3.02. The van der Waals surface area contributed by atoms with Gasteiger partial charge in [-0.1, -0.05) is 59.8 Å². The van der Waals surface area contributed by atoms with Crippen LogP contribution in [0.4, 0.5) is 0 Å². The molecule has 0 fully saturated rings. The molecule has 0 bridgehead atoms. The van der Waals surface area contributed by atoms with Gasteiger partial charge in [-0.15, -0.1) is 0 Å². The van der Waals surface area contributed by atoms with E-state index in [4.69, 9.17) is 0 Å². The molecule has 0 aromatic rings. The van der Waals surface area contributed by atoms with E-state index in [-0.39, 0.29) is 0 Å². The molecule has 0 spiro atoms. The van der Waals surface area contributed by atoms with E-state index in [9.17, 15) is 10.2 Å². The first-order chi connectivity index (χ1) is 14.8. The van der Waals surface area contributed by atoms with Crippen LogP contribution in [0.2, 0.25) is 0 Å². The lowest BCUT2D eigenvalue weighted by molar-refractivity contribution is 0.113. The third kappa shape index (κ3) is 18.7. The highest BCUT2D eigenvalue weighted by atomic mass is 16.3. The predicted octanol–water partition coefficient (Wildman–Crippen LogP) is 7.30. The van der Waals surface area contributed by atoms with Crippen molar-refractivity contribution in [1.29, 1.82) is 0 Å². The Morgan fingerprint density at radius 3 is 2.06 bits per heavy atom. The number of rotatable bonds is 12. The molecule has 2 N–H and O–H groups in total. The van der Waals surface area contributed by atoms with Crippen molar-refractivity contribution in [3.05, 3.63) is 47.1 Å². The lowest BCUT2D eigenvalue weighted by Crippen LogP contribution is -2.21. The average Bonchev–Trinajstić information content (AvgIpc) is 2.64. The summed E-state index contributed by atoms with van der Waals surface area (Å²) in [4.78, 5) is 0. The van der Waals surface area contributed by atoms with Crippen LogP contribution in [-0.4, -0.2) is 21.4 Å². The summed E-state index contributed by atoms with van der Waals surface area (Å²) >= 11 is 0. The summed E-state index contributed by atoms with van der Waals surface area (Å²) in [5.41, 5.74) is 1.73. The SMILES string of the molecule is CC(C)=CCC/C(C)=C/CCC(C)(O)C#CC#CC(C)(O)/C=C/CC(C)CCC=C(C)C. The van der Waals surface area contributed by atoms with Crippen LogP contribution in [0.15, 0.2) is 47.1 Å².